The topological polar surface area (TPSA) is 37.3 Å². The minimum absolute atomic E-state index is 0.347. The molecule has 1 N–H and O–H groups in total. The molecule has 0 aliphatic rings. The third-order valence-electron chi connectivity index (χ3n) is 1.82. The van der Waals surface area contributed by atoms with Gasteiger partial charge in [-0.3, -0.25) is 0 Å². The third kappa shape index (κ3) is 1.88. The number of carbonyl (C=O) groups is 1. The van der Waals surface area contributed by atoms with E-state index in [1.54, 1.807) is 12.1 Å². The van der Waals surface area contributed by atoms with E-state index in [4.69, 9.17) is 5.11 Å². The standard InChI is InChI=1S/C9H11BO2/c1-6(10)7-2-4-8(5-3-7)9(11)12/h2-6H,10H2,1H3,(H,11,12). The zero-order valence-corrected chi connectivity index (χ0v) is 7.24. The number of benzene rings is 1. The summed E-state index contributed by atoms with van der Waals surface area (Å²) in [6, 6.07) is 6.98. The van der Waals surface area contributed by atoms with E-state index in [9.17, 15) is 4.79 Å². The fourth-order valence-electron chi connectivity index (χ4n) is 1.01. The van der Waals surface area contributed by atoms with Crippen molar-refractivity contribution in [2.45, 2.75) is 12.7 Å². The molecule has 1 atom stereocenters. The van der Waals surface area contributed by atoms with E-state index in [2.05, 4.69) is 14.8 Å². The Morgan fingerprint density at radius 3 is 2.25 bits per heavy atom. The van der Waals surface area contributed by atoms with Gasteiger partial charge in [0.25, 0.3) is 0 Å². The smallest absolute Gasteiger partial charge is 0.335 e. The number of carboxylic acid groups (broad SMARTS) is 1. The van der Waals surface area contributed by atoms with Gasteiger partial charge in [0.1, 0.15) is 7.85 Å². The number of hydrogen-bond acceptors (Lipinski definition) is 1. The SMILES string of the molecule is BC(C)c1ccc(C(=O)O)cc1. The van der Waals surface area contributed by atoms with Crippen molar-refractivity contribution in [1.82, 2.24) is 0 Å². The Balaban J connectivity index is 2.93. The first-order chi connectivity index (χ1) is 5.61. The average molecular weight is 162 g/mol. The number of rotatable bonds is 2. The van der Waals surface area contributed by atoms with E-state index in [-0.39, 0.29) is 0 Å². The maximum absolute atomic E-state index is 10.5. The minimum Gasteiger partial charge on any atom is -0.478 e. The molecule has 1 unspecified atom stereocenters. The van der Waals surface area contributed by atoms with Crippen LogP contribution in [-0.4, -0.2) is 18.9 Å². The summed E-state index contributed by atoms with van der Waals surface area (Å²) in [5, 5.41) is 8.61. The van der Waals surface area contributed by atoms with Crippen molar-refractivity contribution in [3.63, 3.8) is 0 Å². The number of hydrogen-bond donors (Lipinski definition) is 1. The Bertz CT molecular complexity index is 277. The minimum atomic E-state index is -0.870. The molecule has 0 aromatic heterocycles. The Hall–Kier alpha value is -1.25. The van der Waals surface area contributed by atoms with E-state index in [0.717, 1.165) is 0 Å². The van der Waals surface area contributed by atoms with Gasteiger partial charge in [-0.1, -0.05) is 24.6 Å². The van der Waals surface area contributed by atoms with E-state index < -0.39 is 5.97 Å². The van der Waals surface area contributed by atoms with Crippen LogP contribution in [0.15, 0.2) is 24.3 Å². The average Bonchev–Trinajstić information content (AvgIpc) is 2.04. The largest absolute Gasteiger partial charge is 0.478 e. The monoisotopic (exact) mass is 162 g/mol. The molecule has 3 heteroatoms. The van der Waals surface area contributed by atoms with E-state index in [1.165, 1.54) is 5.56 Å². The summed E-state index contributed by atoms with van der Waals surface area (Å²) in [6.07, 6.45) is 0. The molecule has 0 aliphatic carbocycles. The molecule has 0 fully saturated rings. The van der Waals surface area contributed by atoms with Crippen LogP contribution in [0.1, 0.15) is 28.7 Å². The molecule has 0 saturated carbocycles. The molecular formula is C9H11BO2. The fraction of sp³-hybridized carbons (Fsp3) is 0.222. The van der Waals surface area contributed by atoms with Gasteiger partial charge in [-0.15, -0.1) is 0 Å². The van der Waals surface area contributed by atoms with Crippen molar-refractivity contribution in [2.75, 3.05) is 0 Å². The van der Waals surface area contributed by atoms with Gasteiger partial charge in [0, 0.05) is 0 Å². The third-order valence-corrected chi connectivity index (χ3v) is 1.82. The maximum Gasteiger partial charge on any atom is 0.335 e. The van der Waals surface area contributed by atoms with Gasteiger partial charge in [-0.2, -0.15) is 0 Å². The lowest BCUT2D eigenvalue weighted by Crippen LogP contribution is -1.97. The Kier molecular flexibility index (Phi) is 2.53. The predicted octanol–water partition coefficient (Wildman–Crippen LogP) is 1.08. The van der Waals surface area contributed by atoms with Crippen LogP contribution in [0.25, 0.3) is 0 Å². The van der Waals surface area contributed by atoms with Crippen molar-refractivity contribution in [3.05, 3.63) is 35.4 Å². The summed E-state index contributed by atoms with van der Waals surface area (Å²) >= 11 is 0. The van der Waals surface area contributed by atoms with Gasteiger partial charge in [0.05, 0.1) is 5.56 Å². The van der Waals surface area contributed by atoms with E-state index in [1.807, 2.05) is 12.1 Å². The second kappa shape index (κ2) is 3.43. The second-order valence-electron chi connectivity index (χ2n) is 3.08. The number of aromatic carboxylic acids is 1. The molecule has 1 aromatic rings. The zero-order chi connectivity index (χ0) is 9.14. The first-order valence-electron chi connectivity index (χ1n) is 3.94. The van der Waals surface area contributed by atoms with Crippen molar-refractivity contribution in [2.24, 2.45) is 0 Å². The van der Waals surface area contributed by atoms with Gasteiger partial charge < -0.3 is 5.11 Å². The summed E-state index contributed by atoms with van der Waals surface area (Å²) in [6.45, 7) is 2.08. The van der Waals surface area contributed by atoms with E-state index in [0.29, 0.717) is 11.4 Å². The molecule has 0 saturated heterocycles. The lowest BCUT2D eigenvalue weighted by atomic mass is 9.83. The molecule has 0 aliphatic heterocycles. The van der Waals surface area contributed by atoms with Crippen LogP contribution in [0, 0.1) is 0 Å². The molecule has 0 bridgehead atoms. The first kappa shape index (κ1) is 8.85. The van der Waals surface area contributed by atoms with Gasteiger partial charge >= 0.3 is 5.97 Å². The van der Waals surface area contributed by atoms with E-state index >= 15 is 0 Å². The van der Waals surface area contributed by atoms with Crippen molar-refractivity contribution >= 4 is 13.8 Å². The first-order valence-corrected chi connectivity index (χ1v) is 3.94. The van der Waals surface area contributed by atoms with Crippen molar-refractivity contribution in [3.8, 4) is 0 Å². The van der Waals surface area contributed by atoms with Crippen LogP contribution in [-0.2, 0) is 0 Å². The zero-order valence-electron chi connectivity index (χ0n) is 7.24. The molecule has 2 nitrogen and oxygen atoms in total. The van der Waals surface area contributed by atoms with Gasteiger partial charge in [-0.25, -0.2) is 4.79 Å². The molecule has 62 valence electrons. The van der Waals surface area contributed by atoms with Crippen molar-refractivity contribution < 1.29 is 9.90 Å². The van der Waals surface area contributed by atoms with Crippen LogP contribution >= 0.6 is 0 Å². The molecule has 1 rings (SSSR count). The quantitative estimate of drug-likeness (QED) is 0.660. The molecule has 1 aromatic carbocycles. The summed E-state index contributed by atoms with van der Waals surface area (Å²) < 4.78 is 0. The van der Waals surface area contributed by atoms with Crippen LogP contribution < -0.4 is 0 Å². The lowest BCUT2D eigenvalue weighted by molar-refractivity contribution is 0.0697. The van der Waals surface area contributed by atoms with Gasteiger partial charge in [0.15, 0.2) is 0 Å². The normalized spacial score (nSPS) is 12.4. The Labute approximate surface area is 72.6 Å². The Morgan fingerprint density at radius 2 is 1.92 bits per heavy atom. The predicted molar refractivity (Wildman–Crippen MR) is 50.4 cm³/mol. The highest BCUT2D eigenvalue weighted by Gasteiger charge is 2.02. The summed E-state index contributed by atoms with van der Waals surface area (Å²) in [5.41, 5.74) is 1.51. The highest BCUT2D eigenvalue weighted by Crippen LogP contribution is 2.11. The fourth-order valence-corrected chi connectivity index (χ4v) is 1.01. The summed E-state index contributed by atoms with van der Waals surface area (Å²) in [5.74, 6) is -0.418. The number of carboxylic acids is 1. The summed E-state index contributed by atoms with van der Waals surface area (Å²) in [4.78, 5) is 10.5. The Morgan fingerprint density at radius 1 is 1.42 bits per heavy atom. The molecular weight excluding hydrogens is 151 g/mol. The van der Waals surface area contributed by atoms with Crippen LogP contribution in [0.5, 0.6) is 0 Å². The maximum atomic E-state index is 10.5. The highest BCUT2D eigenvalue weighted by atomic mass is 16.4. The highest BCUT2D eigenvalue weighted by molar-refractivity contribution is 6.12. The summed E-state index contributed by atoms with van der Waals surface area (Å²) in [7, 11) is 2.08. The van der Waals surface area contributed by atoms with Crippen LogP contribution in [0.3, 0.4) is 0 Å². The molecule has 0 heterocycles. The lowest BCUT2D eigenvalue weighted by Gasteiger charge is -2.03. The molecule has 0 amide bonds. The van der Waals surface area contributed by atoms with Gasteiger partial charge in [-0.05, 0) is 17.9 Å². The van der Waals surface area contributed by atoms with Gasteiger partial charge in [0.2, 0.25) is 0 Å². The van der Waals surface area contributed by atoms with Crippen molar-refractivity contribution in [1.29, 1.82) is 0 Å². The molecule has 12 heavy (non-hydrogen) atoms. The van der Waals surface area contributed by atoms with Crippen LogP contribution in [0.2, 0.25) is 0 Å². The second-order valence-corrected chi connectivity index (χ2v) is 3.08. The molecule has 0 spiro atoms. The molecule has 0 radical (unpaired) electrons. The van der Waals surface area contributed by atoms with Crippen LogP contribution in [0.4, 0.5) is 0 Å².